The topological polar surface area (TPSA) is 61.6 Å². The van der Waals surface area contributed by atoms with Crippen molar-refractivity contribution in [1.29, 1.82) is 0 Å². The van der Waals surface area contributed by atoms with E-state index in [0.29, 0.717) is 24.7 Å². The number of amides is 1. The molecule has 2 unspecified atom stereocenters. The van der Waals surface area contributed by atoms with Crippen molar-refractivity contribution in [2.24, 2.45) is 0 Å². The van der Waals surface area contributed by atoms with Crippen molar-refractivity contribution < 1.29 is 9.90 Å². The van der Waals surface area contributed by atoms with Gasteiger partial charge < -0.3 is 14.6 Å². The maximum atomic E-state index is 12.4. The van der Waals surface area contributed by atoms with Crippen molar-refractivity contribution in [1.82, 2.24) is 19.4 Å². The first-order valence-corrected chi connectivity index (χ1v) is 16.3. The van der Waals surface area contributed by atoms with Crippen LogP contribution in [0.25, 0.3) is 11.0 Å². The molecule has 43 heavy (non-hydrogen) atoms. The van der Waals surface area contributed by atoms with Crippen molar-refractivity contribution in [3.8, 4) is 0 Å². The molecule has 6 heteroatoms. The van der Waals surface area contributed by atoms with Gasteiger partial charge in [-0.15, -0.1) is 0 Å². The van der Waals surface area contributed by atoms with Crippen molar-refractivity contribution >= 4 is 17.1 Å². The molecule has 1 N–H and O–H groups in total. The fourth-order valence-electron chi connectivity index (χ4n) is 8.86. The maximum Gasteiger partial charge on any atom is 0.407 e. The van der Waals surface area contributed by atoms with Gasteiger partial charge >= 0.3 is 6.09 Å². The number of para-hydroxylation sites is 2. The van der Waals surface area contributed by atoms with Gasteiger partial charge in [0.1, 0.15) is 5.82 Å². The summed E-state index contributed by atoms with van der Waals surface area (Å²) in [6.07, 6.45) is 9.21. The summed E-state index contributed by atoms with van der Waals surface area (Å²) in [6, 6.07) is 31.5. The van der Waals surface area contributed by atoms with E-state index in [1.54, 1.807) is 4.90 Å². The summed E-state index contributed by atoms with van der Waals surface area (Å²) in [5.41, 5.74) is 4.98. The van der Waals surface area contributed by atoms with Gasteiger partial charge in [-0.3, -0.25) is 4.90 Å². The average molecular weight is 577 g/mol. The monoisotopic (exact) mass is 576 g/mol. The average Bonchev–Trinajstić information content (AvgIpc) is 3.50. The second-order valence-corrected chi connectivity index (χ2v) is 13.3. The largest absolute Gasteiger partial charge is 0.465 e. The molecule has 3 aliphatic rings. The molecule has 3 heterocycles. The molecule has 1 aromatic heterocycles. The molecule has 2 atom stereocenters. The van der Waals surface area contributed by atoms with Crippen LogP contribution in [0, 0.1) is 6.92 Å². The normalized spacial score (nSPS) is 27.4. The molecule has 2 saturated heterocycles. The number of fused-ring (bicyclic) bond motifs is 3. The number of hydrogen-bond acceptors (Lipinski definition) is 3. The van der Waals surface area contributed by atoms with E-state index in [1.807, 2.05) is 30.3 Å². The summed E-state index contributed by atoms with van der Waals surface area (Å²) < 4.78 is 2.52. The van der Waals surface area contributed by atoms with E-state index < -0.39 is 6.09 Å². The number of imidazole rings is 1. The molecule has 7 rings (SSSR count). The summed E-state index contributed by atoms with van der Waals surface area (Å²) >= 11 is 0. The van der Waals surface area contributed by atoms with Crippen molar-refractivity contribution in [3.05, 3.63) is 102 Å². The van der Waals surface area contributed by atoms with Crippen LogP contribution in [0.4, 0.5) is 4.79 Å². The zero-order chi connectivity index (χ0) is 29.4. The van der Waals surface area contributed by atoms with Gasteiger partial charge in [-0.25, -0.2) is 9.78 Å². The van der Waals surface area contributed by atoms with E-state index in [-0.39, 0.29) is 11.5 Å². The summed E-state index contributed by atoms with van der Waals surface area (Å²) in [5, 5.41) is 10.2. The molecule has 1 saturated carbocycles. The Morgan fingerprint density at radius 2 is 1.49 bits per heavy atom. The molecule has 4 aromatic rings. The molecular weight excluding hydrogens is 532 g/mol. The molecule has 3 aromatic carbocycles. The number of piperidine rings is 1. The predicted octanol–water partition coefficient (Wildman–Crippen LogP) is 7.96. The zero-order valence-electron chi connectivity index (χ0n) is 25.3. The lowest BCUT2D eigenvalue weighted by Gasteiger charge is -2.46. The van der Waals surface area contributed by atoms with Gasteiger partial charge in [0.15, 0.2) is 0 Å². The van der Waals surface area contributed by atoms with Crippen LogP contribution in [0.5, 0.6) is 0 Å². The number of hydrogen-bond donors (Lipinski definition) is 1. The van der Waals surface area contributed by atoms with Gasteiger partial charge in [-0.05, 0) is 99.9 Å². The summed E-state index contributed by atoms with van der Waals surface area (Å²) in [5.74, 6) is 1.14. The van der Waals surface area contributed by atoms with Crippen LogP contribution in [-0.2, 0) is 12.0 Å². The van der Waals surface area contributed by atoms with E-state index in [1.165, 1.54) is 36.8 Å². The summed E-state index contributed by atoms with van der Waals surface area (Å²) in [7, 11) is 0. The third kappa shape index (κ3) is 5.46. The highest BCUT2D eigenvalue weighted by molar-refractivity contribution is 5.76. The summed E-state index contributed by atoms with van der Waals surface area (Å²) in [4.78, 5) is 21.8. The highest BCUT2D eigenvalue weighted by Crippen LogP contribution is 2.47. The van der Waals surface area contributed by atoms with Gasteiger partial charge in [0.05, 0.1) is 11.0 Å². The molecule has 0 spiro atoms. The Kier molecular flexibility index (Phi) is 7.72. The Balaban J connectivity index is 1.06. The third-order valence-electron chi connectivity index (χ3n) is 11.0. The smallest absolute Gasteiger partial charge is 0.407 e. The van der Waals surface area contributed by atoms with Gasteiger partial charge in [0, 0.05) is 30.7 Å². The Bertz CT molecular complexity index is 1530. The first-order valence-electron chi connectivity index (χ1n) is 16.3. The Morgan fingerprint density at radius 3 is 2.16 bits per heavy atom. The van der Waals surface area contributed by atoms with E-state index in [0.717, 1.165) is 55.6 Å². The molecule has 2 aliphatic heterocycles. The number of benzene rings is 3. The third-order valence-corrected chi connectivity index (χ3v) is 11.0. The minimum absolute atomic E-state index is 0.0645. The molecule has 6 nitrogen and oxygen atoms in total. The van der Waals surface area contributed by atoms with E-state index in [4.69, 9.17) is 4.98 Å². The van der Waals surface area contributed by atoms with Crippen LogP contribution < -0.4 is 0 Å². The van der Waals surface area contributed by atoms with Crippen LogP contribution in [0.15, 0.2) is 84.9 Å². The first kappa shape index (κ1) is 28.1. The number of aryl methyl sites for hydroxylation is 1. The van der Waals surface area contributed by atoms with Crippen LogP contribution in [-0.4, -0.2) is 55.2 Å². The van der Waals surface area contributed by atoms with Gasteiger partial charge in [0.2, 0.25) is 0 Å². The molecule has 0 radical (unpaired) electrons. The molecule has 1 amide bonds. The lowest BCUT2D eigenvalue weighted by atomic mass is 9.66. The van der Waals surface area contributed by atoms with Crippen molar-refractivity contribution in [2.45, 2.75) is 101 Å². The van der Waals surface area contributed by atoms with Crippen LogP contribution in [0.1, 0.15) is 80.8 Å². The highest BCUT2D eigenvalue weighted by atomic mass is 16.4. The first-order chi connectivity index (χ1) is 21.0. The molecular formula is C37H44N4O2. The van der Waals surface area contributed by atoms with Gasteiger partial charge in [-0.1, -0.05) is 72.8 Å². The van der Waals surface area contributed by atoms with Crippen molar-refractivity contribution in [2.75, 3.05) is 6.54 Å². The fraction of sp³-hybridized carbons (Fsp3) is 0.459. The number of carboxylic acid groups (broad SMARTS) is 1. The lowest BCUT2D eigenvalue weighted by molar-refractivity contribution is 0.0732. The quantitative estimate of drug-likeness (QED) is 0.231. The number of rotatable bonds is 8. The minimum atomic E-state index is -0.804. The highest BCUT2D eigenvalue weighted by Gasteiger charge is 2.44. The van der Waals surface area contributed by atoms with Crippen LogP contribution in [0.2, 0.25) is 0 Å². The molecule has 2 bridgehead atoms. The van der Waals surface area contributed by atoms with Crippen molar-refractivity contribution in [3.63, 3.8) is 0 Å². The van der Waals surface area contributed by atoms with E-state index >= 15 is 0 Å². The predicted molar refractivity (Wildman–Crippen MR) is 171 cm³/mol. The van der Waals surface area contributed by atoms with E-state index in [2.05, 4.69) is 71.0 Å². The molecule has 1 aliphatic carbocycles. The van der Waals surface area contributed by atoms with E-state index in [9.17, 15) is 9.90 Å². The fourth-order valence-corrected chi connectivity index (χ4v) is 8.86. The summed E-state index contributed by atoms with van der Waals surface area (Å²) in [6.45, 7) is 3.75. The molecule has 3 fully saturated rings. The number of nitrogens with zero attached hydrogens (tertiary/aromatic N) is 4. The number of aromatic nitrogens is 2. The second kappa shape index (κ2) is 11.8. The Labute approximate surface area is 255 Å². The number of carbonyl (C=O) groups is 1. The van der Waals surface area contributed by atoms with Gasteiger partial charge in [0.25, 0.3) is 0 Å². The van der Waals surface area contributed by atoms with Gasteiger partial charge in [-0.2, -0.15) is 0 Å². The zero-order valence-corrected chi connectivity index (χ0v) is 25.3. The maximum absolute atomic E-state index is 12.4. The minimum Gasteiger partial charge on any atom is -0.465 e. The lowest BCUT2D eigenvalue weighted by Crippen LogP contribution is -2.48. The second-order valence-electron chi connectivity index (χ2n) is 13.3. The SMILES string of the molecule is Cc1nc2ccccc2n1C1CC2CCC(C1)N2CCC1(c2ccccc2)CCC(N(Cc2ccccc2)C(=O)O)CC1. The molecule has 224 valence electrons. The Hall–Kier alpha value is -3.64. The van der Waals surface area contributed by atoms with Crippen LogP contribution >= 0.6 is 0 Å². The Morgan fingerprint density at radius 1 is 0.860 bits per heavy atom. The van der Waals surface area contributed by atoms with Crippen LogP contribution in [0.3, 0.4) is 0 Å². The standard InChI is InChI=1S/C37H44N4O2/c1-27-38-34-14-8-9-15-35(34)41(27)33-24-31-16-17-32(25-33)39(31)23-22-37(29-12-6-3-7-13-29)20-18-30(19-21-37)40(36(42)43)26-28-10-4-2-5-11-28/h2-15,30-33H,16-26H2,1H3,(H,42,43).